The van der Waals surface area contributed by atoms with Crippen LogP contribution < -0.4 is 0 Å². The topological polar surface area (TPSA) is 203 Å². The van der Waals surface area contributed by atoms with Crippen LogP contribution in [0.4, 0.5) is 9.59 Å². The SMILES string of the molecule is CC(=O)OCC(C)(COC(=O)OCC(C)(COC(=O)OCC(C)(COC(C)=O)C(=O)OCCC[N+](C)(C)C)C(=O)OCc1ccccc1)C(=O)OCCC[N+](C)(C)C. The van der Waals surface area contributed by atoms with Gasteiger partial charge in [-0.25, -0.2) is 9.59 Å². The number of ether oxygens (including phenoxy) is 9. The van der Waals surface area contributed by atoms with Gasteiger partial charge in [0.25, 0.3) is 0 Å². The summed E-state index contributed by atoms with van der Waals surface area (Å²) in [7, 11) is 11.9. The Morgan fingerprint density at radius 2 is 0.776 bits per heavy atom. The lowest BCUT2D eigenvalue weighted by Gasteiger charge is -2.29. The van der Waals surface area contributed by atoms with Crippen molar-refractivity contribution in [1.29, 1.82) is 0 Å². The molecular formula is C40H64N2O16+2. The van der Waals surface area contributed by atoms with Crippen LogP contribution in [0.3, 0.4) is 0 Å². The van der Waals surface area contributed by atoms with Crippen LogP contribution >= 0.6 is 0 Å². The molecule has 0 spiro atoms. The number of carbonyl (C=O) groups is 7. The van der Waals surface area contributed by atoms with Crippen LogP contribution in [0.2, 0.25) is 0 Å². The largest absolute Gasteiger partial charge is 0.508 e. The number of quaternary nitrogens is 2. The lowest BCUT2D eigenvalue weighted by molar-refractivity contribution is -0.870. The van der Waals surface area contributed by atoms with Crippen LogP contribution in [-0.2, 0) is 73.2 Å². The highest BCUT2D eigenvalue weighted by molar-refractivity contribution is 5.79. The number of hydrogen-bond donors (Lipinski definition) is 0. The molecule has 0 amide bonds. The van der Waals surface area contributed by atoms with Crippen LogP contribution in [0.25, 0.3) is 0 Å². The van der Waals surface area contributed by atoms with Gasteiger partial charge in [-0.05, 0) is 26.3 Å². The molecule has 0 radical (unpaired) electrons. The van der Waals surface area contributed by atoms with Gasteiger partial charge < -0.3 is 51.6 Å². The highest BCUT2D eigenvalue weighted by Crippen LogP contribution is 2.25. The molecule has 0 heterocycles. The maximum atomic E-state index is 13.4. The second kappa shape index (κ2) is 23.4. The second-order valence-electron chi connectivity index (χ2n) is 17.0. The fraction of sp³-hybridized carbons (Fsp3) is 0.675. The zero-order valence-corrected chi connectivity index (χ0v) is 36.0. The molecule has 0 aromatic heterocycles. The molecule has 18 nitrogen and oxygen atoms in total. The molecule has 1 aromatic carbocycles. The van der Waals surface area contributed by atoms with Crippen molar-refractivity contribution in [3.8, 4) is 0 Å². The Morgan fingerprint density at radius 1 is 0.466 bits per heavy atom. The van der Waals surface area contributed by atoms with Gasteiger partial charge in [-0.15, -0.1) is 0 Å². The molecule has 328 valence electrons. The van der Waals surface area contributed by atoms with Gasteiger partial charge in [-0.3, -0.25) is 24.0 Å². The van der Waals surface area contributed by atoms with E-state index in [1.165, 1.54) is 20.8 Å². The van der Waals surface area contributed by atoms with Crippen molar-refractivity contribution in [3.63, 3.8) is 0 Å². The first-order chi connectivity index (χ1) is 26.8. The van der Waals surface area contributed by atoms with Crippen LogP contribution in [0, 0.1) is 16.2 Å². The first-order valence-electron chi connectivity index (χ1n) is 18.8. The Hall–Kier alpha value is -4.97. The average Bonchev–Trinajstić information content (AvgIpc) is 3.14. The van der Waals surface area contributed by atoms with Gasteiger partial charge in [0.05, 0.1) is 68.6 Å². The van der Waals surface area contributed by atoms with E-state index in [4.69, 9.17) is 42.6 Å². The van der Waals surface area contributed by atoms with Crippen molar-refractivity contribution < 1.29 is 85.2 Å². The van der Waals surface area contributed by atoms with Crippen molar-refractivity contribution in [3.05, 3.63) is 35.9 Å². The number of rotatable bonds is 25. The summed E-state index contributed by atoms with van der Waals surface area (Å²) in [6.45, 7) is 4.20. The van der Waals surface area contributed by atoms with Crippen molar-refractivity contribution in [2.75, 3.05) is 108 Å². The van der Waals surface area contributed by atoms with Crippen LogP contribution in [0.1, 0.15) is 53.0 Å². The molecule has 1 aromatic rings. The van der Waals surface area contributed by atoms with Crippen molar-refractivity contribution >= 4 is 42.2 Å². The molecule has 0 N–H and O–H groups in total. The molecule has 0 aliphatic rings. The molecule has 2 atom stereocenters. The van der Waals surface area contributed by atoms with Gasteiger partial charge in [0.1, 0.15) is 62.5 Å². The Balaban J connectivity index is 3.05. The first-order valence-corrected chi connectivity index (χ1v) is 18.8. The maximum absolute atomic E-state index is 13.4. The summed E-state index contributed by atoms with van der Waals surface area (Å²) in [5.41, 5.74) is -4.39. The van der Waals surface area contributed by atoms with E-state index in [0.717, 1.165) is 13.8 Å². The van der Waals surface area contributed by atoms with E-state index in [-0.39, 0.29) is 19.8 Å². The lowest BCUT2D eigenvalue weighted by Crippen LogP contribution is -2.43. The number of carbonyl (C=O) groups excluding carboxylic acids is 7. The molecule has 1 rings (SSSR count). The molecule has 58 heavy (non-hydrogen) atoms. The highest BCUT2D eigenvalue weighted by Gasteiger charge is 2.42. The summed E-state index contributed by atoms with van der Waals surface area (Å²) in [6, 6.07) is 8.70. The van der Waals surface area contributed by atoms with Crippen LogP contribution in [-0.4, -0.2) is 159 Å². The molecular weight excluding hydrogens is 764 g/mol. The standard InChI is InChI=1S/C40H64N2O16/c1-30(43)53-24-38(3,33(45)50-21-15-19-41(6,7)8)26-55-36(48)57-28-40(5,35(47)52-23-32-17-13-12-14-18-32)29-58-37(49)56-27-39(4,25-54-31(2)44)34(46)51-22-16-20-42(9,10)11/h12-14,17-18H,15-16,19-29H2,1-11H3/q+2. The first kappa shape index (κ1) is 51.0. The third kappa shape index (κ3) is 21.0. The molecule has 0 aliphatic carbocycles. The average molecular weight is 829 g/mol. The van der Waals surface area contributed by atoms with Crippen LogP contribution in [0.5, 0.6) is 0 Å². The fourth-order valence-electron chi connectivity index (χ4n) is 4.61. The van der Waals surface area contributed by atoms with Gasteiger partial charge in [0.15, 0.2) is 0 Å². The molecule has 0 aliphatic heterocycles. The van der Waals surface area contributed by atoms with E-state index < -0.39 is 98.0 Å². The number of nitrogens with zero attached hydrogens (tertiary/aromatic N) is 2. The second-order valence-corrected chi connectivity index (χ2v) is 17.0. The minimum Gasteiger partial charge on any atom is -0.465 e. The number of esters is 5. The van der Waals surface area contributed by atoms with E-state index in [1.807, 2.05) is 42.3 Å². The van der Waals surface area contributed by atoms with Gasteiger partial charge in [-0.2, -0.15) is 0 Å². The normalized spacial score (nSPS) is 14.5. The Bertz CT molecular complexity index is 1440. The van der Waals surface area contributed by atoms with Gasteiger partial charge in [0, 0.05) is 26.7 Å². The summed E-state index contributed by atoms with van der Waals surface area (Å²) in [6.07, 6.45) is -1.52. The Labute approximate surface area is 341 Å². The minimum absolute atomic E-state index is 0.0764. The summed E-state index contributed by atoms with van der Waals surface area (Å²) >= 11 is 0. The van der Waals surface area contributed by atoms with Crippen molar-refractivity contribution in [2.45, 2.75) is 54.1 Å². The highest BCUT2D eigenvalue weighted by atomic mass is 16.7. The number of hydrogen-bond acceptors (Lipinski definition) is 16. The number of benzene rings is 1. The van der Waals surface area contributed by atoms with Gasteiger partial charge in [0.2, 0.25) is 0 Å². The summed E-state index contributed by atoms with van der Waals surface area (Å²) in [4.78, 5) is 88.4. The van der Waals surface area contributed by atoms with Gasteiger partial charge in [-0.1, -0.05) is 30.3 Å². The molecule has 2 unspecified atom stereocenters. The minimum atomic E-state index is -1.83. The molecule has 0 fully saturated rings. The van der Waals surface area contributed by atoms with Crippen molar-refractivity contribution in [2.24, 2.45) is 16.2 Å². The van der Waals surface area contributed by atoms with E-state index in [1.54, 1.807) is 30.3 Å². The third-order valence-corrected chi connectivity index (χ3v) is 8.33. The predicted molar refractivity (Wildman–Crippen MR) is 205 cm³/mol. The Morgan fingerprint density at radius 3 is 1.09 bits per heavy atom. The van der Waals surface area contributed by atoms with Crippen LogP contribution in [0.15, 0.2) is 30.3 Å². The monoisotopic (exact) mass is 828 g/mol. The smallest absolute Gasteiger partial charge is 0.465 e. The zero-order chi connectivity index (χ0) is 44.2. The quantitative estimate of drug-likeness (QED) is 0.0600. The summed E-state index contributed by atoms with van der Waals surface area (Å²) in [5, 5.41) is 0. The van der Waals surface area contributed by atoms with E-state index in [0.29, 0.717) is 40.5 Å². The van der Waals surface area contributed by atoms with E-state index in [9.17, 15) is 33.6 Å². The third-order valence-electron chi connectivity index (χ3n) is 8.33. The zero-order valence-electron chi connectivity index (χ0n) is 36.0. The fourth-order valence-corrected chi connectivity index (χ4v) is 4.61. The molecule has 0 saturated heterocycles. The van der Waals surface area contributed by atoms with Gasteiger partial charge >= 0.3 is 42.2 Å². The summed E-state index contributed by atoms with van der Waals surface area (Å²) in [5.74, 6) is -3.82. The van der Waals surface area contributed by atoms with E-state index in [2.05, 4.69) is 0 Å². The Kier molecular flexibility index (Phi) is 20.6. The predicted octanol–water partition coefficient (Wildman–Crippen LogP) is 3.46. The summed E-state index contributed by atoms with van der Waals surface area (Å²) < 4.78 is 48.6. The van der Waals surface area contributed by atoms with Crippen molar-refractivity contribution in [1.82, 2.24) is 0 Å². The maximum Gasteiger partial charge on any atom is 0.508 e. The lowest BCUT2D eigenvalue weighted by atomic mass is 9.93. The molecule has 18 heteroatoms. The molecule has 0 bridgehead atoms. The molecule has 0 saturated carbocycles. The van der Waals surface area contributed by atoms with E-state index >= 15 is 0 Å².